The number of rotatable bonds is 7. The van der Waals surface area contributed by atoms with Gasteiger partial charge < -0.3 is 4.74 Å². The number of carbonyl (C=O) groups excluding carboxylic acids is 1. The predicted octanol–water partition coefficient (Wildman–Crippen LogP) is 3.34. The van der Waals surface area contributed by atoms with Crippen molar-refractivity contribution >= 4 is 5.78 Å². The molecular formula is C13H24O2. The molecule has 0 bridgehead atoms. The Morgan fingerprint density at radius 1 is 1.40 bits per heavy atom. The summed E-state index contributed by atoms with van der Waals surface area (Å²) < 4.78 is 5.52. The Kier molecular flexibility index (Phi) is 5.92. The van der Waals surface area contributed by atoms with Crippen molar-refractivity contribution in [1.29, 1.82) is 0 Å². The van der Waals surface area contributed by atoms with Crippen LogP contribution in [0.1, 0.15) is 58.8 Å². The summed E-state index contributed by atoms with van der Waals surface area (Å²) in [4.78, 5) is 11.5. The summed E-state index contributed by atoms with van der Waals surface area (Å²) in [5, 5.41) is 0. The predicted molar refractivity (Wildman–Crippen MR) is 61.9 cm³/mol. The van der Waals surface area contributed by atoms with E-state index in [1.807, 2.05) is 0 Å². The Morgan fingerprint density at radius 3 is 2.80 bits per heavy atom. The lowest BCUT2D eigenvalue weighted by Gasteiger charge is -2.08. The van der Waals surface area contributed by atoms with Crippen molar-refractivity contribution in [3.63, 3.8) is 0 Å². The van der Waals surface area contributed by atoms with Crippen molar-refractivity contribution in [2.75, 3.05) is 6.61 Å². The largest absolute Gasteiger partial charge is 0.378 e. The van der Waals surface area contributed by atoms with Crippen molar-refractivity contribution in [2.45, 2.75) is 64.9 Å². The Labute approximate surface area is 93.4 Å². The van der Waals surface area contributed by atoms with Crippen molar-refractivity contribution in [1.82, 2.24) is 0 Å². The standard InChI is InChI=1S/C13H24O2/c1-11(2)8-9-12(14)5-3-6-13-7-4-10-15-13/h11,13H,3-10H2,1-2H3. The molecule has 0 saturated carbocycles. The Balaban J connectivity index is 1.96. The van der Waals surface area contributed by atoms with Gasteiger partial charge >= 0.3 is 0 Å². The summed E-state index contributed by atoms with van der Waals surface area (Å²) in [5.74, 6) is 1.08. The molecule has 1 atom stereocenters. The fourth-order valence-corrected chi connectivity index (χ4v) is 1.97. The maximum atomic E-state index is 11.5. The second-order valence-corrected chi connectivity index (χ2v) is 5.00. The molecule has 1 saturated heterocycles. The third-order valence-corrected chi connectivity index (χ3v) is 3.01. The number of ketones is 1. The van der Waals surface area contributed by atoms with E-state index in [2.05, 4.69) is 13.8 Å². The van der Waals surface area contributed by atoms with Gasteiger partial charge in [0.15, 0.2) is 0 Å². The molecule has 1 aliphatic heterocycles. The van der Waals surface area contributed by atoms with Gasteiger partial charge in [0.05, 0.1) is 6.10 Å². The number of hydrogen-bond donors (Lipinski definition) is 0. The molecule has 1 unspecified atom stereocenters. The highest BCUT2D eigenvalue weighted by Gasteiger charge is 2.15. The quantitative estimate of drug-likeness (QED) is 0.647. The molecule has 2 nitrogen and oxygen atoms in total. The second kappa shape index (κ2) is 7.00. The third-order valence-electron chi connectivity index (χ3n) is 3.01. The minimum Gasteiger partial charge on any atom is -0.378 e. The molecule has 0 spiro atoms. The lowest BCUT2D eigenvalue weighted by Crippen LogP contribution is -2.06. The summed E-state index contributed by atoms with van der Waals surface area (Å²) in [6, 6.07) is 0. The molecule has 15 heavy (non-hydrogen) atoms. The van der Waals surface area contributed by atoms with Gasteiger partial charge in [-0.15, -0.1) is 0 Å². The molecule has 2 heteroatoms. The van der Waals surface area contributed by atoms with E-state index >= 15 is 0 Å². The summed E-state index contributed by atoms with van der Waals surface area (Å²) in [5.41, 5.74) is 0. The average molecular weight is 212 g/mol. The van der Waals surface area contributed by atoms with Crippen LogP contribution in [0.2, 0.25) is 0 Å². The first kappa shape index (κ1) is 12.7. The maximum Gasteiger partial charge on any atom is 0.132 e. The molecule has 0 aromatic carbocycles. The van der Waals surface area contributed by atoms with Crippen LogP contribution in [-0.4, -0.2) is 18.5 Å². The van der Waals surface area contributed by atoms with Gasteiger partial charge in [0.2, 0.25) is 0 Å². The zero-order valence-corrected chi connectivity index (χ0v) is 10.1. The summed E-state index contributed by atoms with van der Waals surface area (Å²) in [6.45, 7) is 5.26. The van der Waals surface area contributed by atoms with E-state index in [1.165, 1.54) is 12.8 Å². The van der Waals surface area contributed by atoms with Crippen LogP contribution in [0.4, 0.5) is 0 Å². The maximum absolute atomic E-state index is 11.5. The van der Waals surface area contributed by atoms with Crippen molar-refractivity contribution in [3.05, 3.63) is 0 Å². The topological polar surface area (TPSA) is 26.3 Å². The molecule has 0 aliphatic carbocycles. The van der Waals surface area contributed by atoms with Crippen LogP contribution in [-0.2, 0) is 9.53 Å². The first-order valence-electron chi connectivity index (χ1n) is 6.32. The van der Waals surface area contributed by atoms with Crippen molar-refractivity contribution < 1.29 is 9.53 Å². The number of ether oxygens (including phenoxy) is 1. The first-order chi connectivity index (χ1) is 7.18. The molecule has 1 heterocycles. The van der Waals surface area contributed by atoms with Gasteiger partial charge in [0.25, 0.3) is 0 Å². The zero-order valence-electron chi connectivity index (χ0n) is 10.1. The van der Waals surface area contributed by atoms with Crippen LogP contribution in [0, 0.1) is 5.92 Å². The summed E-state index contributed by atoms with van der Waals surface area (Å²) >= 11 is 0. The van der Waals surface area contributed by atoms with Crippen molar-refractivity contribution in [2.24, 2.45) is 5.92 Å². The normalized spacial score (nSPS) is 21.1. The molecule has 1 rings (SSSR count). The molecule has 0 N–H and O–H groups in total. The molecule has 0 amide bonds. The number of Topliss-reactive ketones (excluding diaryl/α,β-unsaturated/α-hetero) is 1. The van der Waals surface area contributed by atoms with Crippen LogP contribution in [0.25, 0.3) is 0 Å². The van der Waals surface area contributed by atoms with Gasteiger partial charge in [0.1, 0.15) is 5.78 Å². The minimum atomic E-state index is 0.432. The minimum absolute atomic E-state index is 0.432. The van der Waals surface area contributed by atoms with E-state index < -0.39 is 0 Å². The fourth-order valence-electron chi connectivity index (χ4n) is 1.97. The zero-order chi connectivity index (χ0) is 11.1. The molecule has 88 valence electrons. The Bertz CT molecular complexity index is 181. The fraction of sp³-hybridized carbons (Fsp3) is 0.923. The van der Waals surface area contributed by atoms with E-state index in [1.54, 1.807) is 0 Å². The first-order valence-corrected chi connectivity index (χ1v) is 6.32. The molecule has 0 aromatic heterocycles. The average Bonchev–Trinajstić information content (AvgIpc) is 2.67. The lowest BCUT2D eigenvalue weighted by molar-refractivity contribution is -0.119. The van der Waals surface area contributed by atoms with E-state index in [-0.39, 0.29) is 0 Å². The van der Waals surface area contributed by atoms with Crippen LogP contribution >= 0.6 is 0 Å². The summed E-state index contributed by atoms with van der Waals surface area (Å²) in [6.07, 6.45) is 7.50. The molecular weight excluding hydrogens is 188 g/mol. The summed E-state index contributed by atoms with van der Waals surface area (Å²) in [7, 11) is 0. The van der Waals surface area contributed by atoms with Gasteiger partial charge in [-0.2, -0.15) is 0 Å². The van der Waals surface area contributed by atoms with Crippen LogP contribution in [0.3, 0.4) is 0 Å². The van der Waals surface area contributed by atoms with Gasteiger partial charge in [0, 0.05) is 19.4 Å². The molecule has 0 aromatic rings. The van der Waals surface area contributed by atoms with E-state index in [0.717, 1.165) is 38.7 Å². The highest BCUT2D eigenvalue weighted by atomic mass is 16.5. The lowest BCUT2D eigenvalue weighted by atomic mass is 10.0. The second-order valence-electron chi connectivity index (χ2n) is 5.00. The van der Waals surface area contributed by atoms with Gasteiger partial charge in [-0.1, -0.05) is 13.8 Å². The highest BCUT2D eigenvalue weighted by molar-refractivity contribution is 5.78. The smallest absolute Gasteiger partial charge is 0.132 e. The van der Waals surface area contributed by atoms with E-state index in [4.69, 9.17) is 4.74 Å². The van der Waals surface area contributed by atoms with Gasteiger partial charge in [-0.3, -0.25) is 4.79 Å². The number of hydrogen-bond acceptors (Lipinski definition) is 2. The van der Waals surface area contributed by atoms with Crippen LogP contribution in [0.5, 0.6) is 0 Å². The number of carbonyl (C=O) groups is 1. The monoisotopic (exact) mass is 212 g/mol. The molecule has 1 aliphatic rings. The Morgan fingerprint density at radius 2 is 2.20 bits per heavy atom. The van der Waals surface area contributed by atoms with Crippen molar-refractivity contribution in [3.8, 4) is 0 Å². The Hall–Kier alpha value is -0.370. The van der Waals surface area contributed by atoms with E-state index in [0.29, 0.717) is 17.8 Å². The van der Waals surface area contributed by atoms with Gasteiger partial charge in [-0.25, -0.2) is 0 Å². The van der Waals surface area contributed by atoms with Gasteiger partial charge in [-0.05, 0) is 38.0 Å². The molecule has 0 radical (unpaired) electrons. The molecule has 1 fully saturated rings. The van der Waals surface area contributed by atoms with Crippen LogP contribution < -0.4 is 0 Å². The van der Waals surface area contributed by atoms with E-state index in [9.17, 15) is 4.79 Å². The highest BCUT2D eigenvalue weighted by Crippen LogP contribution is 2.18. The van der Waals surface area contributed by atoms with Crippen LogP contribution in [0.15, 0.2) is 0 Å². The SMILES string of the molecule is CC(C)CCC(=O)CCCC1CCCO1. The third kappa shape index (κ3) is 5.93.